The molecule has 1 unspecified atom stereocenters. The van der Waals surface area contributed by atoms with Crippen LogP contribution in [0.1, 0.15) is 44.9 Å². The summed E-state index contributed by atoms with van der Waals surface area (Å²) in [4.78, 5) is 25.9. The van der Waals surface area contributed by atoms with Crippen molar-refractivity contribution in [2.24, 2.45) is 5.92 Å². The average molecular weight is 310 g/mol. The normalized spacial score (nSPS) is 29.6. The lowest BCUT2D eigenvalue weighted by Gasteiger charge is -2.28. The third kappa shape index (κ3) is 3.72. The first-order valence-corrected chi connectivity index (χ1v) is 8.57. The molecule has 0 aromatic carbocycles. The zero-order valence-electron chi connectivity index (χ0n) is 13.1. The number of hydrogen-bond acceptors (Lipinski definition) is 4. The molecule has 22 heavy (non-hydrogen) atoms. The molecule has 3 aliphatic rings. The third-order valence-corrected chi connectivity index (χ3v) is 4.99. The standard InChI is InChI=1S/C16H26N2O4/c19-15(17-9-13-7-4-8-21-13)14-11-22-16(20)18(14)10-12-5-2-1-3-6-12/h12-14H,1-11H2,(H,17,19)/t13?,14-/m0/s1. The van der Waals surface area contributed by atoms with Gasteiger partial charge in [-0.25, -0.2) is 4.79 Å². The Morgan fingerprint density at radius 3 is 2.73 bits per heavy atom. The molecule has 0 aromatic rings. The van der Waals surface area contributed by atoms with Crippen molar-refractivity contribution in [3.8, 4) is 0 Å². The van der Waals surface area contributed by atoms with Gasteiger partial charge in [0, 0.05) is 19.7 Å². The second kappa shape index (κ2) is 7.31. The van der Waals surface area contributed by atoms with Gasteiger partial charge in [0.15, 0.2) is 0 Å². The molecule has 2 heterocycles. The molecule has 6 nitrogen and oxygen atoms in total. The number of cyclic esters (lactones) is 1. The van der Waals surface area contributed by atoms with E-state index in [1.165, 1.54) is 19.3 Å². The number of carbonyl (C=O) groups excluding carboxylic acids is 2. The van der Waals surface area contributed by atoms with E-state index in [-0.39, 0.29) is 24.7 Å². The van der Waals surface area contributed by atoms with Crippen LogP contribution in [0.3, 0.4) is 0 Å². The summed E-state index contributed by atoms with van der Waals surface area (Å²) in [5, 5.41) is 2.92. The maximum absolute atomic E-state index is 12.4. The summed E-state index contributed by atoms with van der Waals surface area (Å²) in [6.45, 7) is 2.12. The van der Waals surface area contributed by atoms with E-state index in [1.54, 1.807) is 4.90 Å². The van der Waals surface area contributed by atoms with Crippen LogP contribution in [0.4, 0.5) is 4.79 Å². The molecule has 2 atom stereocenters. The highest BCUT2D eigenvalue weighted by Gasteiger charge is 2.39. The van der Waals surface area contributed by atoms with Gasteiger partial charge < -0.3 is 14.8 Å². The molecular weight excluding hydrogens is 284 g/mol. The van der Waals surface area contributed by atoms with Gasteiger partial charge in [0.1, 0.15) is 12.6 Å². The Kier molecular flexibility index (Phi) is 5.18. The highest BCUT2D eigenvalue weighted by Crippen LogP contribution is 2.26. The SMILES string of the molecule is O=C(NCC1CCCO1)[C@@H]1COC(=O)N1CC1CCCCC1. The van der Waals surface area contributed by atoms with E-state index in [0.717, 1.165) is 32.3 Å². The van der Waals surface area contributed by atoms with Crippen LogP contribution in [0, 0.1) is 5.92 Å². The van der Waals surface area contributed by atoms with Crippen molar-refractivity contribution in [1.29, 1.82) is 0 Å². The molecule has 1 N–H and O–H groups in total. The van der Waals surface area contributed by atoms with Gasteiger partial charge in [-0.1, -0.05) is 19.3 Å². The molecule has 1 saturated carbocycles. The second-order valence-electron chi connectivity index (χ2n) is 6.63. The predicted octanol–water partition coefficient (Wildman–Crippen LogP) is 1.68. The Bertz CT molecular complexity index is 403. The summed E-state index contributed by atoms with van der Waals surface area (Å²) in [6.07, 6.45) is 7.85. The molecule has 0 spiro atoms. The van der Waals surface area contributed by atoms with Crippen molar-refractivity contribution in [3.05, 3.63) is 0 Å². The summed E-state index contributed by atoms with van der Waals surface area (Å²) in [5.74, 6) is 0.394. The monoisotopic (exact) mass is 310 g/mol. The lowest BCUT2D eigenvalue weighted by Crippen LogP contribution is -2.48. The topological polar surface area (TPSA) is 67.9 Å². The molecular formula is C16H26N2O4. The van der Waals surface area contributed by atoms with Crippen molar-refractivity contribution in [1.82, 2.24) is 10.2 Å². The van der Waals surface area contributed by atoms with Crippen LogP contribution < -0.4 is 5.32 Å². The maximum Gasteiger partial charge on any atom is 0.410 e. The summed E-state index contributed by atoms with van der Waals surface area (Å²) < 4.78 is 10.6. The number of hydrogen-bond donors (Lipinski definition) is 1. The summed E-state index contributed by atoms with van der Waals surface area (Å²) >= 11 is 0. The number of nitrogens with one attached hydrogen (secondary N) is 1. The first-order chi connectivity index (χ1) is 10.7. The Morgan fingerprint density at radius 2 is 2.00 bits per heavy atom. The Labute approximate surface area is 131 Å². The number of rotatable bonds is 5. The number of carbonyl (C=O) groups is 2. The number of amides is 2. The van der Waals surface area contributed by atoms with Crippen LogP contribution in [0.25, 0.3) is 0 Å². The molecule has 1 aliphatic carbocycles. The van der Waals surface area contributed by atoms with E-state index in [0.29, 0.717) is 19.0 Å². The summed E-state index contributed by atoms with van der Waals surface area (Å²) in [6, 6.07) is -0.476. The summed E-state index contributed by atoms with van der Waals surface area (Å²) in [5.41, 5.74) is 0. The lowest BCUT2D eigenvalue weighted by atomic mass is 9.89. The van der Waals surface area contributed by atoms with E-state index in [4.69, 9.17) is 9.47 Å². The van der Waals surface area contributed by atoms with Gasteiger partial charge in [0.25, 0.3) is 0 Å². The predicted molar refractivity (Wildman–Crippen MR) is 80.4 cm³/mol. The van der Waals surface area contributed by atoms with E-state index < -0.39 is 6.04 Å². The number of nitrogens with zero attached hydrogens (tertiary/aromatic N) is 1. The minimum Gasteiger partial charge on any atom is -0.447 e. The zero-order valence-corrected chi connectivity index (χ0v) is 13.1. The van der Waals surface area contributed by atoms with Crippen molar-refractivity contribution < 1.29 is 19.1 Å². The van der Waals surface area contributed by atoms with Crippen LogP contribution in [0.15, 0.2) is 0 Å². The fraction of sp³-hybridized carbons (Fsp3) is 0.875. The summed E-state index contributed by atoms with van der Waals surface area (Å²) in [7, 11) is 0. The fourth-order valence-corrected chi connectivity index (χ4v) is 3.65. The largest absolute Gasteiger partial charge is 0.447 e. The number of ether oxygens (including phenoxy) is 2. The molecule has 124 valence electrons. The fourth-order valence-electron chi connectivity index (χ4n) is 3.65. The van der Waals surface area contributed by atoms with E-state index >= 15 is 0 Å². The van der Waals surface area contributed by atoms with Crippen molar-refractivity contribution in [3.63, 3.8) is 0 Å². The van der Waals surface area contributed by atoms with Crippen molar-refractivity contribution in [2.45, 2.75) is 57.1 Å². The van der Waals surface area contributed by atoms with Gasteiger partial charge >= 0.3 is 6.09 Å². The van der Waals surface area contributed by atoms with Crippen LogP contribution in [0.5, 0.6) is 0 Å². The average Bonchev–Trinajstić information content (AvgIpc) is 3.17. The lowest BCUT2D eigenvalue weighted by molar-refractivity contribution is -0.125. The minimum atomic E-state index is -0.476. The van der Waals surface area contributed by atoms with Crippen molar-refractivity contribution >= 4 is 12.0 Å². The second-order valence-corrected chi connectivity index (χ2v) is 6.63. The van der Waals surface area contributed by atoms with Gasteiger partial charge in [-0.3, -0.25) is 9.69 Å². The molecule has 6 heteroatoms. The first-order valence-electron chi connectivity index (χ1n) is 8.57. The van der Waals surface area contributed by atoms with Crippen LogP contribution in [-0.2, 0) is 14.3 Å². The zero-order chi connectivity index (χ0) is 15.4. The van der Waals surface area contributed by atoms with Crippen LogP contribution in [-0.4, -0.2) is 55.3 Å². The van der Waals surface area contributed by atoms with Gasteiger partial charge in [-0.15, -0.1) is 0 Å². The Morgan fingerprint density at radius 1 is 1.18 bits per heavy atom. The van der Waals surface area contributed by atoms with Crippen molar-refractivity contribution in [2.75, 3.05) is 26.3 Å². The molecule has 2 aliphatic heterocycles. The quantitative estimate of drug-likeness (QED) is 0.839. The molecule has 0 bridgehead atoms. The van der Waals surface area contributed by atoms with E-state index in [9.17, 15) is 9.59 Å². The molecule has 3 rings (SSSR count). The first kappa shape index (κ1) is 15.6. The Hall–Kier alpha value is -1.30. The molecule has 3 fully saturated rings. The van der Waals surface area contributed by atoms with Crippen LogP contribution in [0.2, 0.25) is 0 Å². The van der Waals surface area contributed by atoms with Gasteiger partial charge in [0.2, 0.25) is 5.91 Å². The highest BCUT2D eigenvalue weighted by atomic mass is 16.6. The molecule has 0 aromatic heterocycles. The minimum absolute atomic E-state index is 0.114. The molecule has 2 amide bonds. The molecule has 2 saturated heterocycles. The third-order valence-electron chi connectivity index (χ3n) is 4.99. The van der Waals surface area contributed by atoms with Gasteiger partial charge in [-0.05, 0) is 31.6 Å². The van der Waals surface area contributed by atoms with Gasteiger partial charge in [0.05, 0.1) is 6.10 Å². The van der Waals surface area contributed by atoms with E-state index in [2.05, 4.69) is 5.32 Å². The maximum atomic E-state index is 12.4. The highest BCUT2D eigenvalue weighted by molar-refractivity contribution is 5.87. The van der Waals surface area contributed by atoms with Crippen LogP contribution >= 0.6 is 0 Å². The molecule has 0 radical (unpaired) electrons. The van der Waals surface area contributed by atoms with Gasteiger partial charge in [-0.2, -0.15) is 0 Å². The van der Waals surface area contributed by atoms with E-state index in [1.807, 2.05) is 0 Å². The Balaban J connectivity index is 1.51. The smallest absolute Gasteiger partial charge is 0.410 e.